The second-order valence-electron chi connectivity index (χ2n) is 5.70. The number of rotatable bonds is 8. The molecule has 102 valence electrons. The molecule has 0 bridgehead atoms. The third-order valence-electron chi connectivity index (χ3n) is 3.42. The van der Waals surface area contributed by atoms with Crippen LogP contribution in [0.1, 0.15) is 38.7 Å². The van der Waals surface area contributed by atoms with Crippen molar-refractivity contribution in [3.05, 3.63) is 35.9 Å². The quantitative estimate of drug-likeness (QED) is 0.552. The Bertz CT molecular complexity index is 315. The summed E-state index contributed by atoms with van der Waals surface area (Å²) in [5.74, 6) is 1.99. The maximum Gasteiger partial charge on any atom is 0.0291 e. The zero-order valence-corrected chi connectivity index (χ0v) is 13.0. The van der Waals surface area contributed by atoms with Crippen LogP contribution in [0.5, 0.6) is 0 Å². The van der Waals surface area contributed by atoms with Crippen molar-refractivity contribution in [3.8, 4) is 0 Å². The molecule has 0 amide bonds. The fraction of sp³-hybridized carbons (Fsp3) is 0.625. The highest BCUT2D eigenvalue weighted by Gasteiger charge is 2.28. The molecular formula is C16H24Cl2. The van der Waals surface area contributed by atoms with Gasteiger partial charge >= 0.3 is 0 Å². The third kappa shape index (κ3) is 5.20. The maximum absolute atomic E-state index is 6.17. The van der Waals surface area contributed by atoms with E-state index in [1.54, 1.807) is 0 Å². The summed E-state index contributed by atoms with van der Waals surface area (Å²) in [7, 11) is 0. The first kappa shape index (κ1) is 15.9. The molecule has 0 N–H and O–H groups in total. The van der Waals surface area contributed by atoms with Gasteiger partial charge in [0.1, 0.15) is 0 Å². The molecule has 1 aromatic rings. The van der Waals surface area contributed by atoms with Crippen molar-refractivity contribution >= 4 is 23.2 Å². The van der Waals surface area contributed by atoms with E-state index in [-0.39, 0.29) is 5.41 Å². The summed E-state index contributed by atoms with van der Waals surface area (Å²) in [6.07, 6.45) is 4.52. The minimum atomic E-state index is 0.117. The average Bonchev–Trinajstić information content (AvgIpc) is 2.38. The van der Waals surface area contributed by atoms with Crippen molar-refractivity contribution in [1.82, 2.24) is 0 Å². The van der Waals surface area contributed by atoms with E-state index < -0.39 is 0 Å². The van der Waals surface area contributed by atoms with Crippen LogP contribution in [-0.2, 0) is 6.42 Å². The Hall–Kier alpha value is -0.200. The number of halogens is 2. The van der Waals surface area contributed by atoms with Crippen LogP contribution in [0, 0.1) is 11.3 Å². The molecule has 0 heterocycles. The van der Waals surface area contributed by atoms with E-state index in [1.807, 2.05) is 0 Å². The van der Waals surface area contributed by atoms with Crippen LogP contribution in [0.4, 0.5) is 0 Å². The van der Waals surface area contributed by atoms with Crippen molar-refractivity contribution in [3.63, 3.8) is 0 Å². The van der Waals surface area contributed by atoms with Crippen LogP contribution in [0.15, 0.2) is 30.3 Å². The first-order chi connectivity index (χ1) is 8.62. The van der Waals surface area contributed by atoms with Gasteiger partial charge in [-0.05, 0) is 42.6 Å². The summed E-state index contributed by atoms with van der Waals surface area (Å²) in [6.45, 7) is 4.48. The lowest BCUT2D eigenvalue weighted by Gasteiger charge is -2.31. The lowest BCUT2D eigenvalue weighted by Crippen LogP contribution is -2.27. The van der Waals surface area contributed by atoms with Gasteiger partial charge in [0, 0.05) is 11.8 Å². The molecule has 0 saturated carbocycles. The summed E-state index contributed by atoms with van der Waals surface area (Å²) in [4.78, 5) is 0. The maximum atomic E-state index is 6.17. The summed E-state index contributed by atoms with van der Waals surface area (Å²) in [5.41, 5.74) is 1.52. The monoisotopic (exact) mass is 286 g/mol. The number of hydrogen-bond donors (Lipinski definition) is 0. The van der Waals surface area contributed by atoms with E-state index in [9.17, 15) is 0 Å². The Labute approximate surface area is 122 Å². The number of alkyl halides is 2. The van der Waals surface area contributed by atoms with E-state index in [0.29, 0.717) is 17.7 Å². The molecule has 0 saturated heterocycles. The van der Waals surface area contributed by atoms with Crippen molar-refractivity contribution in [2.75, 3.05) is 11.8 Å². The summed E-state index contributed by atoms with van der Waals surface area (Å²) >= 11 is 12.3. The lowest BCUT2D eigenvalue weighted by molar-refractivity contribution is 0.269. The molecule has 0 aliphatic heterocycles. The first-order valence-corrected chi connectivity index (χ1v) is 7.84. The Morgan fingerprint density at radius 1 is 1.06 bits per heavy atom. The van der Waals surface area contributed by atoms with Gasteiger partial charge in [-0.25, -0.2) is 0 Å². The molecule has 0 aliphatic rings. The summed E-state index contributed by atoms with van der Waals surface area (Å²) < 4.78 is 0. The summed E-state index contributed by atoms with van der Waals surface area (Å²) in [5, 5.41) is 0. The standard InChI is InChI=1S/C16H24Cl2/c1-14(2)11-16(12-17,13-18)10-6-9-15-7-4-3-5-8-15/h3-5,7-8,14H,6,9-13H2,1-2H3. The molecule has 0 nitrogen and oxygen atoms in total. The van der Waals surface area contributed by atoms with Crippen molar-refractivity contribution in [2.24, 2.45) is 11.3 Å². The normalized spacial score (nSPS) is 12.1. The molecule has 2 heteroatoms. The molecule has 0 aromatic heterocycles. The molecule has 0 spiro atoms. The van der Waals surface area contributed by atoms with E-state index in [2.05, 4.69) is 44.2 Å². The van der Waals surface area contributed by atoms with Crippen molar-refractivity contribution in [2.45, 2.75) is 39.5 Å². The zero-order valence-electron chi connectivity index (χ0n) is 11.5. The predicted octanol–water partition coefficient (Wildman–Crippen LogP) is 5.52. The summed E-state index contributed by atoms with van der Waals surface area (Å²) in [6, 6.07) is 10.6. The van der Waals surface area contributed by atoms with Crippen LogP contribution in [0.25, 0.3) is 0 Å². The van der Waals surface area contributed by atoms with Gasteiger partial charge in [0.25, 0.3) is 0 Å². The molecule has 0 fully saturated rings. The van der Waals surface area contributed by atoms with E-state index >= 15 is 0 Å². The first-order valence-electron chi connectivity index (χ1n) is 6.78. The SMILES string of the molecule is CC(C)CC(CCl)(CCl)CCCc1ccccc1. The van der Waals surface area contributed by atoms with E-state index in [1.165, 1.54) is 5.56 Å². The number of hydrogen-bond acceptors (Lipinski definition) is 0. The van der Waals surface area contributed by atoms with Gasteiger partial charge < -0.3 is 0 Å². The van der Waals surface area contributed by atoms with Crippen LogP contribution in [0.2, 0.25) is 0 Å². The van der Waals surface area contributed by atoms with Gasteiger partial charge in [0.15, 0.2) is 0 Å². The Kier molecular flexibility index (Phi) is 7.11. The van der Waals surface area contributed by atoms with Crippen molar-refractivity contribution < 1.29 is 0 Å². The van der Waals surface area contributed by atoms with Crippen LogP contribution in [-0.4, -0.2) is 11.8 Å². The highest BCUT2D eigenvalue weighted by Crippen LogP contribution is 2.35. The second-order valence-corrected chi connectivity index (χ2v) is 6.24. The highest BCUT2D eigenvalue weighted by atomic mass is 35.5. The zero-order chi connectivity index (χ0) is 13.4. The van der Waals surface area contributed by atoms with Gasteiger partial charge in [-0.15, -0.1) is 23.2 Å². The van der Waals surface area contributed by atoms with Gasteiger partial charge in [0.2, 0.25) is 0 Å². The predicted molar refractivity (Wildman–Crippen MR) is 82.7 cm³/mol. The smallest absolute Gasteiger partial charge is 0.0291 e. The Morgan fingerprint density at radius 2 is 1.67 bits per heavy atom. The molecule has 0 aliphatic carbocycles. The second kappa shape index (κ2) is 8.07. The molecule has 18 heavy (non-hydrogen) atoms. The molecule has 1 aromatic carbocycles. The lowest BCUT2D eigenvalue weighted by atomic mass is 9.79. The van der Waals surface area contributed by atoms with Gasteiger partial charge in [-0.3, -0.25) is 0 Å². The van der Waals surface area contributed by atoms with Crippen LogP contribution >= 0.6 is 23.2 Å². The highest BCUT2D eigenvalue weighted by molar-refractivity contribution is 6.21. The molecule has 0 unspecified atom stereocenters. The Balaban J connectivity index is 2.47. The largest absolute Gasteiger partial charge is 0.126 e. The van der Waals surface area contributed by atoms with Gasteiger partial charge in [0.05, 0.1) is 0 Å². The minimum absolute atomic E-state index is 0.117. The third-order valence-corrected chi connectivity index (χ3v) is 4.56. The molecule has 1 rings (SSSR count). The van der Waals surface area contributed by atoms with E-state index in [0.717, 1.165) is 25.7 Å². The Morgan fingerprint density at radius 3 is 2.17 bits per heavy atom. The number of aryl methyl sites for hydroxylation is 1. The van der Waals surface area contributed by atoms with Gasteiger partial charge in [-0.2, -0.15) is 0 Å². The molecular weight excluding hydrogens is 263 g/mol. The fourth-order valence-corrected chi connectivity index (χ4v) is 3.33. The molecule has 0 atom stereocenters. The topological polar surface area (TPSA) is 0 Å². The van der Waals surface area contributed by atoms with Crippen molar-refractivity contribution in [1.29, 1.82) is 0 Å². The van der Waals surface area contributed by atoms with E-state index in [4.69, 9.17) is 23.2 Å². The molecule has 0 radical (unpaired) electrons. The minimum Gasteiger partial charge on any atom is -0.126 e. The number of benzene rings is 1. The fourth-order valence-electron chi connectivity index (χ4n) is 2.56. The van der Waals surface area contributed by atoms with Gasteiger partial charge in [-0.1, -0.05) is 44.2 Å². The van der Waals surface area contributed by atoms with Crippen LogP contribution in [0.3, 0.4) is 0 Å². The average molecular weight is 287 g/mol. The van der Waals surface area contributed by atoms with Crippen LogP contribution < -0.4 is 0 Å².